The zero-order chi connectivity index (χ0) is 16.4. The Bertz CT molecular complexity index is 738. The molecule has 0 fully saturated rings. The summed E-state index contributed by atoms with van der Waals surface area (Å²) in [5, 5.41) is 9.51. The van der Waals surface area contributed by atoms with E-state index in [-0.39, 0.29) is 18.2 Å². The third-order valence-electron chi connectivity index (χ3n) is 3.40. The molecule has 2 N–H and O–H groups in total. The molecule has 1 aliphatic heterocycles. The molecule has 120 valence electrons. The Kier molecular flexibility index (Phi) is 3.96. The van der Waals surface area contributed by atoms with Crippen LogP contribution in [0.25, 0.3) is 0 Å². The Labute approximate surface area is 132 Å². The van der Waals surface area contributed by atoms with Crippen molar-refractivity contribution in [3.05, 3.63) is 30.1 Å². The van der Waals surface area contributed by atoms with Gasteiger partial charge < -0.3 is 10.1 Å². The number of hydrogen-bond donors (Lipinski definition) is 2. The van der Waals surface area contributed by atoms with Crippen molar-refractivity contribution in [1.29, 1.82) is 0 Å². The molecule has 2 amide bonds. The minimum absolute atomic E-state index is 0.00511. The molecule has 1 aliphatic rings. The standard InChI is InChI=1S/C15H17N5O3/c1-3-23-11-6-4-10(5-7-11)17-13(21)8-12-14(22)18-15-16-9(2)19-20(12)15/h4-7,12H,3,8H2,1-2H3,(H,17,21)(H,16,18,19,22)/t12-/m0/s1. The highest BCUT2D eigenvalue weighted by atomic mass is 16.5. The van der Waals surface area contributed by atoms with E-state index in [4.69, 9.17) is 4.74 Å². The van der Waals surface area contributed by atoms with E-state index in [1.54, 1.807) is 31.2 Å². The van der Waals surface area contributed by atoms with Crippen LogP contribution in [0.5, 0.6) is 5.75 Å². The van der Waals surface area contributed by atoms with Gasteiger partial charge in [0, 0.05) is 5.69 Å². The quantitative estimate of drug-likeness (QED) is 0.871. The number of carbonyl (C=O) groups is 2. The topological polar surface area (TPSA) is 98.1 Å². The first-order chi connectivity index (χ1) is 11.1. The number of amides is 2. The molecule has 2 heterocycles. The Balaban J connectivity index is 1.64. The van der Waals surface area contributed by atoms with Crippen molar-refractivity contribution >= 4 is 23.5 Å². The number of anilines is 2. The van der Waals surface area contributed by atoms with Crippen LogP contribution in [-0.2, 0) is 9.59 Å². The first kappa shape index (κ1) is 15.0. The summed E-state index contributed by atoms with van der Waals surface area (Å²) < 4.78 is 6.80. The maximum Gasteiger partial charge on any atom is 0.252 e. The summed E-state index contributed by atoms with van der Waals surface area (Å²) in [6.07, 6.45) is -0.00511. The molecule has 2 aromatic rings. The number of carbonyl (C=O) groups excluding carboxylic acids is 2. The Hall–Kier alpha value is -2.90. The summed E-state index contributed by atoms with van der Waals surface area (Å²) in [7, 11) is 0. The van der Waals surface area contributed by atoms with Crippen LogP contribution in [0.3, 0.4) is 0 Å². The van der Waals surface area contributed by atoms with Crippen molar-refractivity contribution in [2.24, 2.45) is 0 Å². The van der Waals surface area contributed by atoms with Crippen LogP contribution >= 0.6 is 0 Å². The number of fused-ring (bicyclic) bond motifs is 1. The van der Waals surface area contributed by atoms with E-state index in [1.165, 1.54) is 4.68 Å². The molecule has 8 nitrogen and oxygen atoms in total. The summed E-state index contributed by atoms with van der Waals surface area (Å²) >= 11 is 0. The van der Waals surface area contributed by atoms with Crippen molar-refractivity contribution in [1.82, 2.24) is 14.8 Å². The highest BCUT2D eigenvalue weighted by molar-refractivity contribution is 6.00. The molecule has 8 heteroatoms. The summed E-state index contributed by atoms with van der Waals surface area (Å²) in [5.74, 6) is 1.13. The van der Waals surface area contributed by atoms with Gasteiger partial charge in [-0.2, -0.15) is 10.1 Å². The van der Waals surface area contributed by atoms with Gasteiger partial charge in [-0.05, 0) is 38.1 Å². The molecule has 0 radical (unpaired) electrons. The highest BCUT2D eigenvalue weighted by Gasteiger charge is 2.34. The number of nitrogens with one attached hydrogen (secondary N) is 2. The second-order valence-electron chi connectivity index (χ2n) is 5.14. The van der Waals surface area contributed by atoms with Gasteiger partial charge >= 0.3 is 0 Å². The van der Waals surface area contributed by atoms with Crippen LogP contribution < -0.4 is 15.4 Å². The van der Waals surface area contributed by atoms with Crippen molar-refractivity contribution in [2.75, 3.05) is 17.2 Å². The van der Waals surface area contributed by atoms with Crippen LogP contribution in [0.2, 0.25) is 0 Å². The predicted molar refractivity (Wildman–Crippen MR) is 83.3 cm³/mol. The second kappa shape index (κ2) is 6.07. The minimum atomic E-state index is -0.672. The lowest BCUT2D eigenvalue weighted by Crippen LogP contribution is -2.23. The molecule has 1 aromatic carbocycles. The van der Waals surface area contributed by atoms with Gasteiger partial charge in [0.15, 0.2) is 0 Å². The maximum absolute atomic E-state index is 12.2. The van der Waals surface area contributed by atoms with Gasteiger partial charge in [0.25, 0.3) is 5.91 Å². The van der Waals surface area contributed by atoms with E-state index in [2.05, 4.69) is 20.7 Å². The van der Waals surface area contributed by atoms with Gasteiger partial charge in [0.1, 0.15) is 17.6 Å². The summed E-state index contributed by atoms with van der Waals surface area (Å²) in [6.45, 7) is 4.22. The number of nitrogens with zero attached hydrogens (tertiary/aromatic N) is 3. The number of hydrogen-bond acceptors (Lipinski definition) is 5. The predicted octanol–water partition coefficient (Wildman–Crippen LogP) is 1.51. The molecule has 0 saturated heterocycles. The molecule has 1 aromatic heterocycles. The Morgan fingerprint density at radius 2 is 2.13 bits per heavy atom. The molecule has 0 saturated carbocycles. The summed E-state index contributed by atoms with van der Waals surface area (Å²) in [6, 6.07) is 6.39. The first-order valence-electron chi connectivity index (χ1n) is 7.33. The molecular weight excluding hydrogens is 298 g/mol. The fourth-order valence-electron chi connectivity index (χ4n) is 2.41. The van der Waals surface area contributed by atoms with E-state index in [0.717, 1.165) is 5.75 Å². The molecule has 0 spiro atoms. The normalized spacial score (nSPS) is 15.9. The number of rotatable bonds is 5. The number of benzene rings is 1. The average Bonchev–Trinajstić information content (AvgIpc) is 2.99. The van der Waals surface area contributed by atoms with Crippen LogP contribution in [0.15, 0.2) is 24.3 Å². The zero-order valence-electron chi connectivity index (χ0n) is 12.9. The summed E-state index contributed by atoms with van der Waals surface area (Å²) in [5.41, 5.74) is 0.645. The van der Waals surface area contributed by atoms with Crippen LogP contribution in [0.1, 0.15) is 25.2 Å². The van der Waals surface area contributed by atoms with E-state index < -0.39 is 6.04 Å². The molecule has 23 heavy (non-hydrogen) atoms. The molecule has 0 aliphatic carbocycles. The van der Waals surface area contributed by atoms with Crippen LogP contribution in [0, 0.1) is 6.92 Å². The summed E-state index contributed by atoms with van der Waals surface area (Å²) in [4.78, 5) is 28.1. The fourth-order valence-corrected chi connectivity index (χ4v) is 2.41. The Morgan fingerprint density at radius 3 is 2.83 bits per heavy atom. The van der Waals surface area contributed by atoms with Crippen molar-refractivity contribution in [3.8, 4) is 5.75 Å². The van der Waals surface area contributed by atoms with E-state index in [0.29, 0.717) is 24.1 Å². The average molecular weight is 315 g/mol. The third-order valence-corrected chi connectivity index (χ3v) is 3.40. The van der Waals surface area contributed by atoms with E-state index in [9.17, 15) is 9.59 Å². The van der Waals surface area contributed by atoms with Crippen molar-refractivity contribution in [3.63, 3.8) is 0 Å². The van der Waals surface area contributed by atoms with Crippen molar-refractivity contribution < 1.29 is 14.3 Å². The second-order valence-corrected chi connectivity index (χ2v) is 5.14. The SMILES string of the molecule is CCOc1ccc(NC(=O)C[C@H]2C(=O)Nc3nc(C)nn32)cc1. The van der Waals surface area contributed by atoms with E-state index in [1.807, 2.05) is 6.92 Å². The molecule has 1 atom stereocenters. The van der Waals surface area contributed by atoms with Gasteiger partial charge in [0.05, 0.1) is 13.0 Å². The largest absolute Gasteiger partial charge is 0.494 e. The first-order valence-corrected chi connectivity index (χ1v) is 7.33. The molecule has 0 unspecified atom stereocenters. The van der Waals surface area contributed by atoms with Gasteiger partial charge in [-0.25, -0.2) is 4.68 Å². The van der Waals surface area contributed by atoms with Crippen LogP contribution in [0.4, 0.5) is 11.6 Å². The smallest absolute Gasteiger partial charge is 0.252 e. The van der Waals surface area contributed by atoms with Gasteiger partial charge in [0.2, 0.25) is 11.9 Å². The Morgan fingerprint density at radius 1 is 1.39 bits per heavy atom. The highest BCUT2D eigenvalue weighted by Crippen LogP contribution is 2.25. The lowest BCUT2D eigenvalue weighted by molar-refractivity contribution is -0.123. The number of ether oxygens (including phenoxy) is 1. The number of aryl methyl sites for hydroxylation is 1. The lowest BCUT2D eigenvalue weighted by atomic mass is 10.2. The van der Waals surface area contributed by atoms with Gasteiger partial charge in [-0.15, -0.1) is 0 Å². The third kappa shape index (κ3) is 3.15. The number of aromatic nitrogens is 3. The molecule has 0 bridgehead atoms. The van der Waals surface area contributed by atoms with E-state index >= 15 is 0 Å². The van der Waals surface area contributed by atoms with Gasteiger partial charge in [-0.3, -0.25) is 14.9 Å². The monoisotopic (exact) mass is 315 g/mol. The van der Waals surface area contributed by atoms with Crippen LogP contribution in [-0.4, -0.2) is 33.2 Å². The fraction of sp³-hybridized carbons (Fsp3) is 0.333. The molecule has 3 rings (SSSR count). The van der Waals surface area contributed by atoms with Crippen molar-refractivity contribution in [2.45, 2.75) is 26.3 Å². The lowest BCUT2D eigenvalue weighted by Gasteiger charge is -2.10. The molecular formula is C15H17N5O3. The maximum atomic E-state index is 12.2. The zero-order valence-corrected chi connectivity index (χ0v) is 12.9. The minimum Gasteiger partial charge on any atom is -0.494 e. The van der Waals surface area contributed by atoms with Gasteiger partial charge in [-0.1, -0.05) is 0 Å².